The smallest absolute Gasteiger partial charge is 0.221 e. The molecule has 0 saturated heterocycles. The molecule has 2 N–H and O–H groups in total. The molecule has 1 aromatic heterocycles. The maximum absolute atomic E-state index is 11.1. The molecular weight excluding hydrogens is 368 g/mol. The molecule has 0 aliphatic rings. The normalized spacial score (nSPS) is 11.0. The summed E-state index contributed by atoms with van der Waals surface area (Å²) in [5.41, 5.74) is 5.19. The average molecular weight is 388 g/mol. The van der Waals surface area contributed by atoms with Crippen molar-refractivity contribution in [2.24, 2.45) is 0 Å². The van der Waals surface area contributed by atoms with Gasteiger partial charge in [-0.25, -0.2) is 4.98 Å². The summed E-state index contributed by atoms with van der Waals surface area (Å²) in [5, 5.41) is 18.0. The van der Waals surface area contributed by atoms with Crippen LogP contribution in [-0.2, 0) is 11.2 Å². The highest BCUT2D eigenvalue weighted by Crippen LogP contribution is 2.26. The van der Waals surface area contributed by atoms with E-state index in [1.807, 2.05) is 17.5 Å². The number of anilines is 2. The van der Waals surface area contributed by atoms with Crippen LogP contribution in [0.25, 0.3) is 16.8 Å². The van der Waals surface area contributed by atoms with Crippen LogP contribution in [0.5, 0.6) is 0 Å². The zero-order valence-corrected chi connectivity index (χ0v) is 16.5. The second kappa shape index (κ2) is 8.98. The van der Waals surface area contributed by atoms with Crippen LogP contribution in [0.4, 0.5) is 11.4 Å². The Bertz CT molecular complexity index is 1030. The first-order valence-electron chi connectivity index (χ1n) is 8.88. The van der Waals surface area contributed by atoms with Gasteiger partial charge in [-0.1, -0.05) is 31.2 Å². The van der Waals surface area contributed by atoms with Crippen molar-refractivity contribution in [3.05, 3.63) is 70.7 Å². The monoisotopic (exact) mass is 388 g/mol. The van der Waals surface area contributed by atoms with Crippen molar-refractivity contribution < 1.29 is 4.79 Å². The molecular formula is C22H20N4OS. The Balaban J connectivity index is 1.73. The van der Waals surface area contributed by atoms with Gasteiger partial charge in [0, 0.05) is 35.4 Å². The third-order valence-corrected chi connectivity index (χ3v) is 4.98. The van der Waals surface area contributed by atoms with E-state index < -0.39 is 0 Å². The summed E-state index contributed by atoms with van der Waals surface area (Å²) in [6.45, 7) is 3.59. The second-order valence-corrected chi connectivity index (χ2v) is 7.02. The molecule has 0 atom stereocenters. The molecule has 0 spiro atoms. The molecule has 2 aromatic carbocycles. The summed E-state index contributed by atoms with van der Waals surface area (Å²) in [4.78, 5) is 15.7. The zero-order chi connectivity index (χ0) is 19.9. The number of nitrogens with zero attached hydrogens (tertiary/aromatic N) is 2. The third-order valence-electron chi connectivity index (χ3n) is 4.10. The molecule has 3 aromatic rings. The molecule has 3 rings (SSSR count). The van der Waals surface area contributed by atoms with Crippen LogP contribution < -0.4 is 10.6 Å². The van der Waals surface area contributed by atoms with Crippen LogP contribution in [0.1, 0.15) is 24.4 Å². The van der Waals surface area contributed by atoms with E-state index in [4.69, 9.17) is 0 Å². The van der Waals surface area contributed by atoms with Crippen molar-refractivity contribution in [2.45, 2.75) is 20.3 Å². The lowest BCUT2D eigenvalue weighted by Gasteiger charge is -2.04. The second-order valence-electron chi connectivity index (χ2n) is 6.16. The molecule has 6 heteroatoms. The Kier molecular flexibility index (Phi) is 6.20. The quantitative estimate of drug-likeness (QED) is 0.561. The molecule has 5 nitrogen and oxygen atoms in total. The summed E-state index contributed by atoms with van der Waals surface area (Å²) < 4.78 is 0. The van der Waals surface area contributed by atoms with Gasteiger partial charge in [-0.15, -0.1) is 11.3 Å². The molecule has 140 valence electrons. The van der Waals surface area contributed by atoms with Gasteiger partial charge < -0.3 is 10.6 Å². The standard InChI is InChI=1S/C22H20N4OS/c1-3-16-4-6-17(7-5-16)21-14-28-22(26-21)18(12-23)13-24-19-8-10-20(11-9-19)25-15(2)27/h4-11,13-14,24H,3H2,1-2H3,(H,25,27). The summed E-state index contributed by atoms with van der Waals surface area (Å²) in [6, 6.07) is 17.8. The fraction of sp³-hybridized carbons (Fsp3) is 0.136. The molecule has 0 bridgehead atoms. The molecule has 0 radical (unpaired) electrons. The fourth-order valence-electron chi connectivity index (χ4n) is 2.59. The minimum Gasteiger partial charge on any atom is -0.360 e. The number of allylic oxidation sites excluding steroid dienone is 1. The Morgan fingerprint density at radius 1 is 1.14 bits per heavy atom. The van der Waals surface area contributed by atoms with E-state index in [1.54, 1.807) is 18.3 Å². The van der Waals surface area contributed by atoms with Crippen molar-refractivity contribution in [1.29, 1.82) is 5.26 Å². The molecule has 1 heterocycles. The number of amides is 1. The Morgan fingerprint density at radius 3 is 2.43 bits per heavy atom. The van der Waals surface area contributed by atoms with Crippen molar-refractivity contribution in [3.63, 3.8) is 0 Å². The van der Waals surface area contributed by atoms with Crippen LogP contribution in [-0.4, -0.2) is 10.9 Å². The maximum Gasteiger partial charge on any atom is 0.221 e. The lowest BCUT2D eigenvalue weighted by atomic mass is 10.1. The number of rotatable bonds is 6. The van der Waals surface area contributed by atoms with Crippen LogP contribution in [0.3, 0.4) is 0 Å². The third kappa shape index (κ3) is 4.84. The van der Waals surface area contributed by atoms with Gasteiger partial charge in [-0.05, 0) is 36.2 Å². The van der Waals surface area contributed by atoms with Gasteiger partial charge in [0.25, 0.3) is 0 Å². The van der Waals surface area contributed by atoms with E-state index in [1.165, 1.54) is 23.8 Å². The lowest BCUT2D eigenvalue weighted by Crippen LogP contribution is -2.05. The van der Waals surface area contributed by atoms with Crippen LogP contribution in [0.15, 0.2) is 60.1 Å². The number of thiazole rings is 1. The molecule has 0 aliphatic carbocycles. The Labute approximate surface area is 168 Å². The van der Waals surface area contributed by atoms with Gasteiger partial charge in [-0.3, -0.25) is 4.79 Å². The predicted octanol–water partition coefficient (Wildman–Crippen LogP) is 5.31. The number of carbonyl (C=O) groups excluding carboxylic acids is 1. The number of aromatic nitrogens is 1. The first-order valence-corrected chi connectivity index (χ1v) is 9.76. The minimum atomic E-state index is -0.115. The van der Waals surface area contributed by atoms with Gasteiger partial charge in [0.2, 0.25) is 5.91 Å². The summed E-state index contributed by atoms with van der Waals surface area (Å²) >= 11 is 1.44. The largest absolute Gasteiger partial charge is 0.360 e. The van der Waals surface area contributed by atoms with Gasteiger partial charge in [0.15, 0.2) is 0 Å². The minimum absolute atomic E-state index is 0.115. The number of aryl methyl sites for hydroxylation is 1. The zero-order valence-electron chi connectivity index (χ0n) is 15.7. The first kappa shape index (κ1) is 19.3. The fourth-order valence-corrected chi connectivity index (χ4v) is 3.39. The molecule has 0 unspecified atom stereocenters. The van der Waals surface area contributed by atoms with Crippen LogP contribution in [0.2, 0.25) is 0 Å². The number of carbonyl (C=O) groups is 1. The van der Waals surface area contributed by atoms with Crippen LogP contribution in [0, 0.1) is 11.3 Å². The van der Waals surface area contributed by atoms with Gasteiger partial charge in [0.1, 0.15) is 16.6 Å². The van der Waals surface area contributed by atoms with Crippen molar-refractivity contribution in [1.82, 2.24) is 4.98 Å². The summed E-state index contributed by atoms with van der Waals surface area (Å²) in [7, 11) is 0. The van der Waals surface area contributed by atoms with Crippen molar-refractivity contribution in [3.8, 4) is 17.3 Å². The summed E-state index contributed by atoms with van der Waals surface area (Å²) in [6.07, 6.45) is 2.65. The Hall–Kier alpha value is -3.43. The van der Waals surface area contributed by atoms with E-state index in [2.05, 4.69) is 52.9 Å². The number of hydrogen-bond donors (Lipinski definition) is 2. The average Bonchev–Trinajstić information content (AvgIpc) is 3.19. The maximum atomic E-state index is 11.1. The highest BCUT2D eigenvalue weighted by atomic mass is 32.1. The number of hydrogen-bond acceptors (Lipinski definition) is 5. The van der Waals surface area contributed by atoms with E-state index in [9.17, 15) is 10.1 Å². The molecule has 1 amide bonds. The van der Waals surface area contributed by atoms with Crippen molar-refractivity contribution >= 4 is 34.2 Å². The first-order chi connectivity index (χ1) is 13.6. The molecule has 0 fully saturated rings. The predicted molar refractivity (Wildman–Crippen MR) is 115 cm³/mol. The highest BCUT2D eigenvalue weighted by molar-refractivity contribution is 7.11. The van der Waals surface area contributed by atoms with E-state index >= 15 is 0 Å². The number of benzene rings is 2. The van der Waals surface area contributed by atoms with E-state index in [0.29, 0.717) is 10.6 Å². The number of nitrogens with one attached hydrogen (secondary N) is 2. The summed E-state index contributed by atoms with van der Waals surface area (Å²) in [5.74, 6) is -0.115. The molecule has 0 saturated carbocycles. The van der Waals surface area contributed by atoms with Gasteiger partial charge in [-0.2, -0.15) is 5.26 Å². The topological polar surface area (TPSA) is 77.8 Å². The van der Waals surface area contributed by atoms with Crippen molar-refractivity contribution in [2.75, 3.05) is 10.6 Å². The SMILES string of the molecule is CCc1ccc(-c2csc(C(C#N)=CNc3ccc(NC(C)=O)cc3)n2)cc1. The molecule has 0 aliphatic heterocycles. The molecule has 28 heavy (non-hydrogen) atoms. The highest BCUT2D eigenvalue weighted by Gasteiger charge is 2.09. The van der Waals surface area contributed by atoms with E-state index in [0.717, 1.165) is 29.1 Å². The van der Waals surface area contributed by atoms with Gasteiger partial charge in [0.05, 0.1) is 5.69 Å². The van der Waals surface area contributed by atoms with Crippen LogP contribution >= 0.6 is 11.3 Å². The van der Waals surface area contributed by atoms with E-state index in [-0.39, 0.29) is 5.91 Å². The van der Waals surface area contributed by atoms with Gasteiger partial charge >= 0.3 is 0 Å². The number of nitriles is 1. The Morgan fingerprint density at radius 2 is 1.82 bits per heavy atom. The lowest BCUT2D eigenvalue weighted by molar-refractivity contribution is -0.114.